The summed E-state index contributed by atoms with van der Waals surface area (Å²) in [4.78, 5) is 0. The van der Waals surface area contributed by atoms with Crippen molar-refractivity contribution >= 4 is 15.9 Å². The van der Waals surface area contributed by atoms with Gasteiger partial charge in [-0.3, -0.25) is 0 Å². The molecule has 0 bridgehead atoms. The number of hydrogen-bond acceptors (Lipinski definition) is 2. The fraction of sp³-hybridized carbons (Fsp3) is 0.636. The van der Waals surface area contributed by atoms with Crippen LogP contribution in [0.25, 0.3) is 0 Å². The van der Waals surface area contributed by atoms with Gasteiger partial charge in [0.05, 0.1) is 11.9 Å². The van der Waals surface area contributed by atoms with Crippen molar-refractivity contribution in [2.24, 2.45) is 0 Å². The standard InChI is InChI=1S/C11H15BrO2/c1-10(8-12)5-6-11(2,14-10)9-4-3-7-13-9/h3-4,7H,5-6,8H2,1-2H3. The molecule has 1 aliphatic heterocycles. The molecule has 78 valence electrons. The highest BCUT2D eigenvalue weighted by Gasteiger charge is 2.45. The summed E-state index contributed by atoms with van der Waals surface area (Å²) in [5, 5.41) is 0.871. The third-order valence-electron chi connectivity index (χ3n) is 2.93. The van der Waals surface area contributed by atoms with Crippen LogP contribution in [0.5, 0.6) is 0 Å². The van der Waals surface area contributed by atoms with Crippen LogP contribution in [-0.2, 0) is 10.3 Å². The van der Waals surface area contributed by atoms with Gasteiger partial charge in [0.1, 0.15) is 11.4 Å². The molecule has 0 amide bonds. The second-order valence-corrected chi connectivity index (χ2v) is 4.95. The lowest BCUT2D eigenvalue weighted by Crippen LogP contribution is -2.30. The molecule has 1 aromatic heterocycles. The third-order valence-corrected chi connectivity index (χ3v) is 4.11. The van der Waals surface area contributed by atoms with E-state index in [9.17, 15) is 0 Å². The molecule has 0 N–H and O–H groups in total. The van der Waals surface area contributed by atoms with Crippen LogP contribution in [0.3, 0.4) is 0 Å². The molecule has 2 rings (SSSR count). The number of alkyl halides is 1. The Morgan fingerprint density at radius 1 is 1.43 bits per heavy atom. The minimum atomic E-state index is -0.244. The van der Waals surface area contributed by atoms with Gasteiger partial charge >= 0.3 is 0 Å². The van der Waals surface area contributed by atoms with Crippen molar-refractivity contribution in [3.63, 3.8) is 0 Å². The molecule has 2 atom stereocenters. The second-order valence-electron chi connectivity index (χ2n) is 4.39. The van der Waals surface area contributed by atoms with Gasteiger partial charge in [0.15, 0.2) is 0 Å². The van der Waals surface area contributed by atoms with E-state index in [1.807, 2.05) is 12.1 Å². The summed E-state index contributed by atoms with van der Waals surface area (Å²) < 4.78 is 11.5. The van der Waals surface area contributed by atoms with E-state index in [0.717, 1.165) is 23.9 Å². The Labute approximate surface area is 92.8 Å². The van der Waals surface area contributed by atoms with E-state index in [2.05, 4.69) is 29.8 Å². The maximum absolute atomic E-state index is 6.09. The molecular formula is C11H15BrO2. The van der Waals surface area contributed by atoms with Crippen molar-refractivity contribution in [1.29, 1.82) is 0 Å². The number of ether oxygens (including phenoxy) is 1. The average Bonchev–Trinajstić information content (AvgIpc) is 2.75. The SMILES string of the molecule is CC1(CBr)CCC(C)(c2ccco2)O1. The molecule has 3 heteroatoms. The van der Waals surface area contributed by atoms with Crippen molar-refractivity contribution < 1.29 is 9.15 Å². The average molecular weight is 259 g/mol. The lowest BCUT2D eigenvalue weighted by atomic mass is 9.97. The normalized spacial score (nSPS) is 37.6. The smallest absolute Gasteiger partial charge is 0.135 e. The van der Waals surface area contributed by atoms with Crippen LogP contribution in [0.15, 0.2) is 22.8 Å². The molecular weight excluding hydrogens is 244 g/mol. The zero-order valence-electron chi connectivity index (χ0n) is 8.55. The van der Waals surface area contributed by atoms with Gasteiger partial charge in [-0.2, -0.15) is 0 Å². The molecule has 1 aliphatic rings. The lowest BCUT2D eigenvalue weighted by molar-refractivity contribution is -0.0866. The minimum absolute atomic E-state index is 0.0540. The van der Waals surface area contributed by atoms with E-state index in [1.165, 1.54) is 0 Å². The molecule has 0 radical (unpaired) electrons. The molecule has 0 aliphatic carbocycles. The monoisotopic (exact) mass is 258 g/mol. The lowest BCUT2D eigenvalue weighted by Gasteiger charge is -2.27. The first-order valence-corrected chi connectivity index (χ1v) is 6.00. The predicted octanol–water partition coefficient (Wildman–Crippen LogP) is 3.46. The maximum atomic E-state index is 6.09. The summed E-state index contributed by atoms with van der Waals surface area (Å²) in [6, 6.07) is 3.90. The Morgan fingerprint density at radius 2 is 2.21 bits per heavy atom. The van der Waals surface area contributed by atoms with E-state index in [-0.39, 0.29) is 11.2 Å². The molecule has 1 fully saturated rings. The summed E-state index contributed by atoms with van der Waals surface area (Å²) in [6.45, 7) is 4.23. The number of furan rings is 1. The van der Waals surface area contributed by atoms with Crippen molar-refractivity contribution in [2.45, 2.75) is 37.9 Å². The summed E-state index contributed by atoms with van der Waals surface area (Å²) in [5.74, 6) is 0.933. The molecule has 0 spiro atoms. The van der Waals surface area contributed by atoms with Crippen LogP contribution in [0.4, 0.5) is 0 Å². The molecule has 14 heavy (non-hydrogen) atoms. The van der Waals surface area contributed by atoms with Gasteiger partial charge < -0.3 is 9.15 Å². The van der Waals surface area contributed by atoms with Gasteiger partial charge in [0.2, 0.25) is 0 Å². The molecule has 0 saturated carbocycles. The van der Waals surface area contributed by atoms with Crippen molar-refractivity contribution in [3.05, 3.63) is 24.2 Å². The van der Waals surface area contributed by atoms with Gasteiger partial charge in [-0.1, -0.05) is 15.9 Å². The first kappa shape index (κ1) is 10.2. The topological polar surface area (TPSA) is 22.4 Å². The fourth-order valence-corrected chi connectivity index (χ4v) is 2.39. The first-order valence-electron chi connectivity index (χ1n) is 4.88. The van der Waals surface area contributed by atoms with E-state index < -0.39 is 0 Å². The van der Waals surface area contributed by atoms with E-state index >= 15 is 0 Å². The summed E-state index contributed by atoms with van der Waals surface area (Å²) in [5.41, 5.74) is -0.298. The summed E-state index contributed by atoms with van der Waals surface area (Å²) >= 11 is 3.49. The highest BCUT2D eigenvalue weighted by Crippen LogP contribution is 2.44. The maximum Gasteiger partial charge on any atom is 0.135 e. The van der Waals surface area contributed by atoms with Crippen LogP contribution in [-0.4, -0.2) is 10.9 Å². The van der Waals surface area contributed by atoms with Crippen molar-refractivity contribution in [2.75, 3.05) is 5.33 Å². The van der Waals surface area contributed by atoms with Crippen molar-refractivity contribution in [1.82, 2.24) is 0 Å². The Kier molecular flexibility index (Phi) is 2.48. The van der Waals surface area contributed by atoms with Crippen LogP contribution in [0.2, 0.25) is 0 Å². The quantitative estimate of drug-likeness (QED) is 0.759. The molecule has 0 aromatic carbocycles. The zero-order valence-corrected chi connectivity index (χ0v) is 10.1. The number of rotatable bonds is 2. The minimum Gasteiger partial charge on any atom is -0.466 e. The molecule has 2 unspecified atom stereocenters. The highest BCUT2D eigenvalue weighted by molar-refractivity contribution is 9.09. The molecule has 2 heterocycles. The Morgan fingerprint density at radius 3 is 2.71 bits per heavy atom. The van der Waals surface area contributed by atoms with Gasteiger partial charge in [-0.25, -0.2) is 0 Å². The Balaban J connectivity index is 2.21. The second kappa shape index (κ2) is 3.38. The zero-order chi connectivity index (χ0) is 10.2. The first-order chi connectivity index (χ1) is 6.58. The van der Waals surface area contributed by atoms with Gasteiger partial charge in [-0.15, -0.1) is 0 Å². The number of hydrogen-bond donors (Lipinski definition) is 0. The molecule has 2 nitrogen and oxygen atoms in total. The Bertz CT molecular complexity index is 309. The van der Waals surface area contributed by atoms with Gasteiger partial charge in [0.25, 0.3) is 0 Å². The predicted molar refractivity (Wildman–Crippen MR) is 58.6 cm³/mol. The van der Waals surface area contributed by atoms with E-state index in [0.29, 0.717) is 0 Å². The summed E-state index contributed by atoms with van der Waals surface area (Å²) in [6.07, 6.45) is 3.78. The molecule has 1 aromatic rings. The van der Waals surface area contributed by atoms with E-state index in [1.54, 1.807) is 6.26 Å². The van der Waals surface area contributed by atoms with Gasteiger partial charge in [0, 0.05) is 5.33 Å². The highest BCUT2D eigenvalue weighted by atomic mass is 79.9. The van der Waals surface area contributed by atoms with E-state index in [4.69, 9.17) is 9.15 Å². The summed E-state index contributed by atoms with van der Waals surface area (Å²) in [7, 11) is 0. The fourth-order valence-electron chi connectivity index (χ4n) is 2.00. The Hall–Kier alpha value is -0.280. The largest absolute Gasteiger partial charge is 0.466 e. The number of halogens is 1. The van der Waals surface area contributed by atoms with Crippen molar-refractivity contribution in [3.8, 4) is 0 Å². The van der Waals surface area contributed by atoms with Crippen LogP contribution in [0.1, 0.15) is 32.4 Å². The van der Waals surface area contributed by atoms with Gasteiger partial charge in [-0.05, 0) is 38.8 Å². The van der Waals surface area contributed by atoms with Crippen LogP contribution >= 0.6 is 15.9 Å². The van der Waals surface area contributed by atoms with Crippen LogP contribution < -0.4 is 0 Å². The molecule has 1 saturated heterocycles. The third kappa shape index (κ3) is 1.63. The van der Waals surface area contributed by atoms with Crippen LogP contribution in [0, 0.1) is 0 Å².